The predicted molar refractivity (Wildman–Crippen MR) is 149 cm³/mol. The third-order valence-electron chi connectivity index (χ3n) is 6.62. The third kappa shape index (κ3) is 6.99. The van der Waals surface area contributed by atoms with Gasteiger partial charge in [-0.1, -0.05) is 110 Å². The van der Waals surface area contributed by atoms with E-state index in [9.17, 15) is 0 Å². The second-order valence-corrected chi connectivity index (χ2v) is 17.8. The number of ether oxygens (including phenoxy) is 1. The zero-order chi connectivity index (χ0) is 25.3. The van der Waals surface area contributed by atoms with Crippen LogP contribution in [0.1, 0.15) is 76.1 Å². The fourth-order valence-corrected chi connectivity index (χ4v) is 5.66. The van der Waals surface area contributed by atoms with Gasteiger partial charge in [0.1, 0.15) is 14.3 Å². The van der Waals surface area contributed by atoms with Gasteiger partial charge in [0.05, 0.1) is 0 Å². The summed E-state index contributed by atoms with van der Waals surface area (Å²) >= 11 is 0. The molecule has 2 atom stereocenters. The minimum atomic E-state index is -1.47. The first-order chi connectivity index (χ1) is 15.6. The zero-order valence-corrected chi connectivity index (χ0v) is 23.9. The first-order valence-corrected chi connectivity index (χ1v) is 16.2. The molecular weight excluding hydrogens is 432 g/mol. The molecule has 34 heavy (non-hydrogen) atoms. The molecule has 2 aromatic rings. The van der Waals surface area contributed by atoms with Crippen LogP contribution in [0.4, 0.5) is 0 Å². The summed E-state index contributed by atoms with van der Waals surface area (Å²) in [4.78, 5) is 3.49. The van der Waals surface area contributed by atoms with Crippen molar-refractivity contribution in [1.29, 1.82) is 0 Å². The number of rotatable bonds is 7. The standard InChI is InChI=1S/C30H46N2OSi/c1-21(32-34(8,9)10)33-26-19-27(31-20-26)28(22-11-15-24(16-12-22)29(2,3)4)23-13-17-25(18-14-23)30(5,6)7/h11-18,26-28,31-32H,1,19-20H2,2-10H3/t26-,27-/m1/s1. The Kier molecular flexibility index (Phi) is 7.74. The minimum absolute atomic E-state index is 0.131. The molecule has 0 aliphatic carbocycles. The highest BCUT2D eigenvalue weighted by molar-refractivity contribution is 6.73. The van der Waals surface area contributed by atoms with E-state index in [1.54, 1.807) is 0 Å². The number of hydrogen-bond donors (Lipinski definition) is 2. The monoisotopic (exact) mass is 478 g/mol. The lowest BCUT2D eigenvalue weighted by Gasteiger charge is -2.28. The molecule has 1 heterocycles. The third-order valence-corrected chi connectivity index (χ3v) is 7.65. The van der Waals surface area contributed by atoms with Crippen LogP contribution in [0.2, 0.25) is 19.6 Å². The van der Waals surface area contributed by atoms with Crippen molar-refractivity contribution in [3.05, 3.63) is 83.2 Å². The minimum Gasteiger partial charge on any atom is -0.476 e. The van der Waals surface area contributed by atoms with Crippen molar-refractivity contribution < 1.29 is 4.74 Å². The topological polar surface area (TPSA) is 33.3 Å². The van der Waals surface area contributed by atoms with Crippen molar-refractivity contribution >= 4 is 8.24 Å². The summed E-state index contributed by atoms with van der Waals surface area (Å²) < 4.78 is 6.23. The molecular formula is C30H46N2OSi. The molecule has 1 saturated heterocycles. The van der Waals surface area contributed by atoms with Crippen LogP contribution in [0.15, 0.2) is 61.0 Å². The average molecular weight is 479 g/mol. The van der Waals surface area contributed by atoms with Crippen molar-refractivity contribution in [3.8, 4) is 0 Å². The summed E-state index contributed by atoms with van der Waals surface area (Å²) in [5.41, 5.74) is 5.75. The van der Waals surface area contributed by atoms with Crippen LogP contribution in [-0.4, -0.2) is 26.9 Å². The molecule has 3 nitrogen and oxygen atoms in total. The predicted octanol–water partition coefficient (Wildman–Crippen LogP) is 7.06. The summed E-state index contributed by atoms with van der Waals surface area (Å²) in [6.45, 7) is 25.4. The van der Waals surface area contributed by atoms with E-state index in [1.165, 1.54) is 22.3 Å². The molecule has 2 N–H and O–H groups in total. The van der Waals surface area contributed by atoms with Crippen LogP contribution in [0.5, 0.6) is 0 Å². The van der Waals surface area contributed by atoms with Gasteiger partial charge in [0, 0.05) is 24.9 Å². The first kappa shape index (κ1) is 26.6. The van der Waals surface area contributed by atoms with Gasteiger partial charge in [0.15, 0.2) is 5.88 Å². The fraction of sp³-hybridized carbons (Fsp3) is 0.533. The molecule has 0 saturated carbocycles. The van der Waals surface area contributed by atoms with E-state index in [1.807, 2.05) is 0 Å². The van der Waals surface area contributed by atoms with E-state index in [0.717, 1.165) is 13.0 Å². The van der Waals surface area contributed by atoms with E-state index < -0.39 is 8.24 Å². The second kappa shape index (κ2) is 9.91. The van der Waals surface area contributed by atoms with Gasteiger partial charge in [0.25, 0.3) is 0 Å². The number of nitrogens with one attached hydrogen (secondary N) is 2. The summed E-state index contributed by atoms with van der Waals surface area (Å²) in [5, 5.41) is 3.78. The Morgan fingerprint density at radius 2 is 1.32 bits per heavy atom. The second-order valence-electron chi connectivity index (χ2n) is 13.0. The summed E-state index contributed by atoms with van der Waals surface area (Å²) in [5.74, 6) is 0.988. The van der Waals surface area contributed by atoms with E-state index in [0.29, 0.717) is 11.9 Å². The Bertz CT molecular complexity index is 902. The van der Waals surface area contributed by atoms with Crippen LogP contribution in [0.25, 0.3) is 0 Å². The summed E-state index contributed by atoms with van der Waals surface area (Å²) in [7, 11) is -1.47. The van der Waals surface area contributed by atoms with Crippen molar-refractivity contribution in [2.45, 2.75) is 96.5 Å². The van der Waals surface area contributed by atoms with Crippen molar-refractivity contribution in [3.63, 3.8) is 0 Å². The SMILES string of the molecule is C=C(N[Si](C)(C)C)O[C@H]1CN[C@@H](C(c2ccc(C(C)(C)C)cc2)c2ccc(C(C)(C)C)cc2)C1. The number of hydrogen-bond acceptors (Lipinski definition) is 3. The average Bonchev–Trinajstić information content (AvgIpc) is 3.14. The first-order valence-electron chi connectivity index (χ1n) is 12.7. The van der Waals surface area contributed by atoms with Crippen molar-refractivity contribution in [1.82, 2.24) is 10.3 Å². The summed E-state index contributed by atoms with van der Waals surface area (Å²) in [6, 6.07) is 18.8. The molecule has 1 fully saturated rings. The molecule has 0 spiro atoms. The molecule has 1 aliphatic heterocycles. The lowest BCUT2D eigenvalue weighted by molar-refractivity contribution is 0.123. The maximum absolute atomic E-state index is 6.23. The van der Waals surface area contributed by atoms with Gasteiger partial charge in [-0.2, -0.15) is 0 Å². The number of benzene rings is 2. The quantitative estimate of drug-likeness (QED) is 0.330. The van der Waals surface area contributed by atoms with Gasteiger partial charge in [-0.15, -0.1) is 0 Å². The Morgan fingerprint density at radius 1 is 0.882 bits per heavy atom. The van der Waals surface area contributed by atoms with E-state index >= 15 is 0 Å². The fourth-order valence-electron chi connectivity index (χ4n) is 4.76. The highest BCUT2D eigenvalue weighted by atomic mass is 28.3. The molecule has 0 amide bonds. The van der Waals surface area contributed by atoms with Gasteiger partial charge in [-0.3, -0.25) is 0 Å². The molecule has 0 radical (unpaired) electrons. The molecule has 0 bridgehead atoms. The zero-order valence-electron chi connectivity index (χ0n) is 22.9. The highest BCUT2D eigenvalue weighted by Gasteiger charge is 2.34. The van der Waals surface area contributed by atoms with Crippen LogP contribution < -0.4 is 10.3 Å². The lowest BCUT2D eigenvalue weighted by Crippen LogP contribution is -2.41. The lowest BCUT2D eigenvalue weighted by atomic mass is 9.80. The molecule has 4 heteroatoms. The van der Waals surface area contributed by atoms with Crippen LogP contribution >= 0.6 is 0 Å². The normalized spacial score (nSPS) is 19.4. The Morgan fingerprint density at radius 3 is 1.71 bits per heavy atom. The summed E-state index contributed by atoms with van der Waals surface area (Å²) in [6.07, 6.45) is 1.09. The molecule has 2 aromatic carbocycles. The van der Waals surface area contributed by atoms with E-state index in [4.69, 9.17) is 4.74 Å². The van der Waals surface area contributed by atoms with Gasteiger partial charge >= 0.3 is 0 Å². The Labute approximate surface area is 209 Å². The maximum atomic E-state index is 6.23. The molecule has 1 aliphatic rings. The van der Waals surface area contributed by atoms with Crippen LogP contribution in [0, 0.1) is 0 Å². The van der Waals surface area contributed by atoms with E-state index in [2.05, 4.69) is 127 Å². The van der Waals surface area contributed by atoms with Crippen molar-refractivity contribution in [2.75, 3.05) is 6.54 Å². The molecule has 3 rings (SSSR count). The van der Waals surface area contributed by atoms with Crippen LogP contribution in [0.3, 0.4) is 0 Å². The largest absolute Gasteiger partial charge is 0.476 e. The smallest absolute Gasteiger partial charge is 0.171 e. The highest BCUT2D eigenvalue weighted by Crippen LogP contribution is 2.35. The van der Waals surface area contributed by atoms with Gasteiger partial charge in [-0.25, -0.2) is 0 Å². The van der Waals surface area contributed by atoms with Gasteiger partial charge in [0.2, 0.25) is 0 Å². The molecule has 0 unspecified atom stereocenters. The van der Waals surface area contributed by atoms with Crippen molar-refractivity contribution in [2.24, 2.45) is 0 Å². The molecule has 186 valence electrons. The maximum Gasteiger partial charge on any atom is 0.171 e. The Hall–Kier alpha value is -2.04. The molecule has 0 aromatic heterocycles. The van der Waals surface area contributed by atoms with Gasteiger partial charge < -0.3 is 15.0 Å². The van der Waals surface area contributed by atoms with Gasteiger partial charge in [-0.05, 0) is 39.7 Å². The Balaban J connectivity index is 1.86. The van der Waals surface area contributed by atoms with E-state index in [-0.39, 0.29) is 22.9 Å². The van der Waals surface area contributed by atoms with Crippen LogP contribution in [-0.2, 0) is 15.6 Å².